The van der Waals surface area contributed by atoms with Crippen molar-refractivity contribution in [3.63, 3.8) is 0 Å². The third kappa shape index (κ3) is 4.05. The van der Waals surface area contributed by atoms with Gasteiger partial charge in [-0.25, -0.2) is 0 Å². The standard InChI is InChI=1S/C17H26N2/c1-14-8-10-19(11-9-14)13-16-4-2-15(3-5-16)12-18-17-6-7-17/h2-5,14,17-18H,6-13H2,1H3. The number of nitrogens with one attached hydrogen (secondary N) is 1. The second kappa shape index (κ2) is 6.06. The third-order valence-electron chi connectivity index (χ3n) is 4.48. The predicted molar refractivity (Wildman–Crippen MR) is 80.0 cm³/mol. The number of rotatable bonds is 5. The molecule has 3 rings (SSSR count). The van der Waals surface area contributed by atoms with E-state index in [9.17, 15) is 0 Å². The van der Waals surface area contributed by atoms with Crippen LogP contribution >= 0.6 is 0 Å². The van der Waals surface area contributed by atoms with Gasteiger partial charge < -0.3 is 5.32 Å². The molecule has 2 fully saturated rings. The molecule has 0 spiro atoms. The highest BCUT2D eigenvalue weighted by atomic mass is 15.1. The summed E-state index contributed by atoms with van der Waals surface area (Å²) in [6.45, 7) is 7.08. The van der Waals surface area contributed by atoms with Crippen LogP contribution in [0.4, 0.5) is 0 Å². The van der Waals surface area contributed by atoms with Crippen molar-refractivity contribution in [1.29, 1.82) is 0 Å². The second-order valence-corrected chi connectivity index (χ2v) is 6.43. The van der Waals surface area contributed by atoms with Gasteiger partial charge in [0, 0.05) is 19.1 Å². The van der Waals surface area contributed by atoms with E-state index in [0.717, 1.165) is 25.0 Å². The molecule has 104 valence electrons. The van der Waals surface area contributed by atoms with Crippen LogP contribution < -0.4 is 5.32 Å². The fourth-order valence-corrected chi connectivity index (χ4v) is 2.79. The molecule has 1 aromatic rings. The summed E-state index contributed by atoms with van der Waals surface area (Å²) in [6, 6.07) is 9.99. The molecule has 1 saturated heterocycles. The first-order valence-corrected chi connectivity index (χ1v) is 7.83. The van der Waals surface area contributed by atoms with E-state index in [1.165, 1.54) is 49.9 Å². The quantitative estimate of drug-likeness (QED) is 0.872. The van der Waals surface area contributed by atoms with Gasteiger partial charge in [0.2, 0.25) is 0 Å². The Kier molecular flexibility index (Phi) is 4.19. The molecule has 0 atom stereocenters. The van der Waals surface area contributed by atoms with E-state index in [-0.39, 0.29) is 0 Å². The molecule has 1 N–H and O–H groups in total. The van der Waals surface area contributed by atoms with Crippen molar-refractivity contribution in [3.8, 4) is 0 Å². The molecule has 1 saturated carbocycles. The Morgan fingerprint density at radius 2 is 1.63 bits per heavy atom. The van der Waals surface area contributed by atoms with Gasteiger partial charge in [0.1, 0.15) is 0 Å². The smallest absolute Gasteiger partial charge is 0.0233 e. The molecule has 0 amide bonds. The number of likely N-dealkylation sites (tertiary alicyclic amines) is 1. The van der Waals surface area contributed by atoms with Crippen molar-refractivity contribution in [1.82, 2.24) is 10.2 Å². The van der Waals surface area contributed by atoms with Crippen LogP contribution in [0, 0.1) is 5.92 Å². The molecule has 2 nitrogen and oxygen atoms in total. The van der Waals surface area contributed by atoms with Gasteiger partial charge in [-0.1, -0.05) is 31.2 Å². The highest BCUT2D eigenvalue weighted by Crippen LogP contribution is 2.20. The zero-order chi connectivity index (χ0) is 13.1. The van der Waals surface area contributed by atoms with Crippen molar-refractivity contribution in [2.45, 2.75) is 51.7 Å². The summed E-state index contributed by atoms with van der Waals surface area (Å²) in [7, 11) is 0. The zero-order valence-corrected chi connectivity index (χ0v) is 12.1. The van der Waals surface area contributed by atoms with Crippen LogP contribution in [0.2, 0.25) is 0 Å². The zero-order valence-electron chi connectivity index (χ0n) is 12.1. The van der Waals surface area contributed by atoms with Crippen LogP contribution in [0.25, 0.3) is 0 Å². The Balaban J connectivity index is 1.47. The van der Waals surface area contributed by atoms with Gasteiger partial charge in [0.25, 0.3) is 0 Å². The van der Waals surface area contributed by atoms with Crippen LogP contribution in [-0.2, 0) is 13.1 Å². The molecule has 0 radical (unpaired) electrons. The molecule has 1 aliphatic carbocycles. The van der Waals surface area contributed by atoms with Gasteiger partial charge in [-0.2, -0.15) is 0 Å². The van der Waals surface area contributed by atoms with Crippen molar-refractivity contribution in [3.05, 3.63) is 35.4 Å². The average molecular weight is 258 g/mol. The van der Waals surface area contributed by atoms with Crippen molar-refractivity contribution >= 4 is 0 Å². The normalized spacial score (nSPS) is 21.7. The minimum Gasteiger partial charge on any atom is -0.310 e. The highest BCUT2D eigenvalue weighted by molar-refractivity contribution is 5.22. The summed E-state index contributed by atoms with van der Waals surface area (Å²) < 4.78 is 0. The maximum atomic E-state index is 3.57. The van der Waals surface area contributed by atoms with Gasteiger partial charge >= 0.3 is 0 Å². The van der Waals surface area contributed by atoms with Crippen molar-refractivity contribution in [2.24, 2.45) is 5.92 Å². The van der Waals surface area contributed by atoms with Crippen LogP contribution in [0.1, 0.15) is 43.7 Å². The van der Waals surface area contributed by atoms with E-state index in [1.807, 2.05) is 0 Å². The first-order chi connectivity index (χ1) is 9.29. The van der Waals surface area contributed by atoms with Gasteiger partial charge in [-0.15, -0.1) is 0 Å². The van der Waals surface area contributed by atoms with Crippen LogP contribution in [0.15, 0.2) is 24.3 Å². The van der Waals surface area contributed by atoms with E-state index < -0.39 is 0 Å². The summed E-state index contributed by atoms with van der Waals surface area (Å²) in [4.78, 5) is 2.59. The lowest BCUT2D eigenvalue weighted by molar-refractivity contribution is 0.185. The van der Waals surface area contributed by atoms with E-state index >= 15 is 0 Å². The Labute approximate surface area is 117 Å². The molecular formula is C17H26N2. The fourth-order valence-electron chi connectivity index (χ4n) is 2.79. The second-order valence-electron chi connectivity index (χ2n) is 6.43. The number of benzene rings is 1. The van der Waals surface area contributed by atoms with Gasteiger partial charge in [0.15, 0.2) is 0 Å². The maximum absolute atomic E-state index is 3.57. The van der Waals surface area contributed by atoms with E-state index in [4.69, 9.17) is 0 Å². The van der Waals surface area contributed by atoms with Gasteiger partial charge in [0.05, 0.1) is 0 Å². The Bertz CT molecular complexity index is 386. The molecule has 0 bridgehead atoms. The van der Waals surface area contributed by atoms with E-state index in [0.29, 0.717) is 0 Å². The number of hydrogen-bond donors (Lipinski definition) is 1. The lowest BCUT2D eigenvalue weighted by Gasteiger charge is -2.30. The average Bonchev–Trinajstić information content (AvgIpc) is 3.25. The summed E-state index contributed by atoms with van der Waals surface area (Å²) in [5, 5.41) is 3.57. The Hall–Kier alpha value is -0.860. The Morgan fingerprint density at radius 3 is 2.26 bits per heavy atom. The lowest BCUT2D eigenvalue weighted by Crippen LogP contribution is -2.32. The molecular weight excluding hydrogens is 232 g/mol. The van der Waals surface area contributed by atoms with Crippen molar-refractivity contribution in [2.75, 3.05) is 13.1 Å². The molecule has 2 heteroatoms. The van der Waals surface area contributed by atoms with Crippen LogP contribution in [-0.4, -0.2) is 24.0 Å². The Morgan fingerprint density at radius 1 is 1.00 bits per heavy atom. The summed E-state index contributed by atoms with van der Waals surface area (Å²) in [6.07, 6.45) is 5.46. The molecule has 0 unspecified atom stereocenters. The summed E-state index contributed by atoms with van der Waals surface area (Å²) >= 11 is 0. The number of hydrogen-bond acceptors (Lipinski definition) is 2. The fraction of sp³-hybridized carbons (Fsp3) is 0.647. The molecule has 19 heavy (non-hydrogen) atoms. The predicted octanol–water partition coefficient (Wildman–Crippen LogP) is 3.17. The minimum atomic E-state index is 0.801. The molecule has 1 heterocycles. The first kappa shape index (κ1) is 13.1. The van der Waals surface area contributed by atoms with Crippen molar-refractivity contribution < 1.29 is 0 Å². The molecule has 1 aromatic carbocycles. The number of nitrogens with zero attached hydrogens (tertiary/aromatic N) is 1. The van der Waals surface area contributed by atoms with Gasteiger partial charge in [-0.3, -0.25) is 4.90 Å². The maximum Gasteiger partial charge on any atom is 0.0233 e. The lowest BCUT2D eigenvalue weighted by atomic mass is 9.99. The highest BCUT2D eigenvalue weighted by Gasteiger charge is 2.20. The van der Waals surface area contributed by atoms with E-state index in [2.05, 4.69) is 41.4 Å². The van der Waals surface area contributed by atoms with Crippen LogP contribution in [0.5, 0.6) is 0 Å². The third-order valence-corrected chi connectivity index (χ3v) is 4.48. The minimum absolute atomic E-state index is 0.801. The number of piperidine rings is 1. The molecule has 1 aliphatic heterocycles. The SMILES string of the molecule is CC1CCN(Cc2ccc(CNC3CC3)cc2)CC1. The molecule has 0 aromatic heterocycles. The largest absolute Gasteiger partial charge is 0.310 e. The topological polar surface area (TPSA) is 15.3 Å². The van der Waals surface area contributed by atoms with Gasteiger partial charge in [-0.05, 0) is 55.8 Å². The summed E-state index contributed by atoms with van der Waals surface area (Å²) in [5.41, 5.74) is 2.88. The molecule has 2 aliphatic rings. The summed E-state index contributed by atoms with van der Waals surface area (Å²) in [5.74, 6) is 0.923. The monoisotopic (exact) mass is 258 g/mol. The van der Waals surface area contributed by atoms with E-state index in [1.54, 1.807) is 0 Å². The first-order valence-electron chi connectivity index (χ1n) is 7.83. The van der Waals surface area contributed by atoms with Crippen LogP contribution in [0.3, 0.4) is 0 Å².